The number of hydrogen-bond donors (Lipinski definition) is 0. The lowest BCUT2D eigenvalue weighted by Gasteiger charge is -2.39. The van der Waals surface area contributed by atoms with E-state index in [1.54, 1.807) is 0 Å². The summed E-state index contributed by atoms with van der Waals surface area (Å²) in [5, 5.41) is 0. The van der Waals surface area contributed by atoms with Crippen molar-refractivity contribution in [2.24, 2.45) is 0 Å². The molecule has 0 rings (SSSR count). The summed E-state index contributed by atoms with van der Waals surface area (Å²) >= 11 is 0. The summed E-state index contributed by atoms with van der Waals surface area (Å²) in [6.07, 6.45) is -18.8. The molecule has 3 atom stereocenters. The first-order valence-electron chi connectivity index (χ1n) is 5.70. The molecule has 15 heteroatoms. The monoisotopic (exact) mass is 408 g/mol. The molecule has 3 unspecified atom stereocenters. The van der Waals surface area contributed by atoms with Crippen LogP contribution in [-0.4, -0.2) is 65.7 Å². The Morgan fingerprint density at radius 1 is 0.708 bits per heavy atom. The quantitative estimate of drug-likeness (QED) is 0.421. The summed E-state index contributed by atoms with van der Waals surface area (Å²) in [5.74, 6) is -28.2. The van der Waals surface area contributed by atoms with Crippen LogP contribution in [0.1, 0.15) is 0 Å². The van der Waals surface area contributed by atoms with Crippen molar-refractivity contribution >= 4 is 10.5 Å². The van der Waals surface area contributed by atoms with Gasteiger partial charge in [-0.15, -0.1) is 0 Å². The average Bonchev–Trinajstić information content (AvgIpc) is 2.44. The first-order valence-corrected chi connectivity index (χ1v) is 6.52. The molecule has 0 heterocycles. The summed E-state index contributed by atoms with van der Waals surface area (Å²) in [6, 6.07) is 0. The van der Waals surface area contributed by atoms with Crippen molar-refractivity contribution in [1.29, 1.82) is 0 Å². The minimum atomic E-state index is -7.41. The SMILES string of the molecule is FC(F)C(F)C(F)C(F)(F)C(F)(F)C(F)(F)C(F)(F)C(F)CO[SiH3]. The van der Waals surface area contributed by atoms with Crippen LogP contribution in [0.3, 0.4) is 0 Å². The van der Waals surface area contributed by atoms with E-state index in [1.165, 1.54) is 0 Å². The Labute approximate surface area is 128 Å². The molecular weight excluding hydrogens is 399 g/mol. The van der Waals surface area contributed by atoms with E-state index in [0.29, 0.717) is 0 Å². The van der Waals surface area contributed by atoms with E-state index in [4.69, 9.17) is 0 Å². The molecule has 0 saturated heterocycles. The van der Waals surface area contributed by atoms with Gasteiger partial charge in [0.25, 0.3) is 6.43 Å². The topological polar surface area (TPSA) is 9.23 Å². The standard InChI is InChI=1S/C9H9F13OSi/c10-2(1-23-24)6(15,16)8(19,20)9(21,22)7(17,18)4(12)3(11)5(13)14/h2-5H,1H2,24H3. The van der Waals surface area contributed by atoms with Gasteiger partial charge >= 0.3 is 23.7 Å². The van der Waals surface area contributed by atoms with E-state index in [0.717, 1.165) is 0 Å². The van der Waals surface area contributed by atoms with Gasteiger partial charge in [0.15, 0.2) is 12.3 Å². The number of rotatable bonds is 9. The molecule has 0 N–H and O–H groups in total. The van der Waals surface area contributed by atoms with Crippen LogP contribution in [0, 0.1) is 0 Å². The van der Waals surface area contributed by atoms with E-state index >= 15 is 0 Å². The van der Waals surface area contributed by atoms with E-state index in [1.807, 2.05) is 0 Å². The van der Waals surface area contributed by atoms with Crippen LogP contribution in [0.5, 0.6) is 0 Å². The Kier molecular flexibility index (Phi) is 7.03. The van der Waals surface area contributed by atoms with Gasteiger partial charge < -0.3 is 4.43 Å². The van der Waals surface area contributed by atoms with Gasteiger partial charge in [0.1, 0.15) is 10.5 Å². The van der Waals surface area contributed by atoms with Gasteiger partial charge in [-0.3, -0.25) is 0 Å². The van der Waals surface area contributed by atoms with Gasteiger partial charge in [-0.25, -0.2) is 22.0 Å². The van der Waals surface area contributed by atoms with Crippen LogP contribution >= 0.6 is 0 Å². The van der Waals surface area contributed by atoms with Crippen molar-refractivity contribution in [1.82, 2.24) is 0 Å². The third-order valence-corrected chi connectivity index (χ3v) is 3.14. The molecule has 0 saturated carbocycles. The van der Waals surface area contributed by atoms with Crippen molar-refractivity contribution in [3.63, 3.8) is 0 Å². The first-order chi connectivity index (χ1) is 10.5. The highest BCUT2D eigenvalue weighted by Crippen LogP contribution is 2.56. The second-order valence-corrected chi connectivity index (χ2v) is 5.08. The number of halogens is 13. The average molecular weight is 408 g/mol. The summed E-state index contributed by atoms with van der Waals surface area (Å²) in [5.41, 5.74) is 0. The highest BCUT2D eigenvalue weighted by atomic mass is 28.2. The van der Waals surface area contributed by atoms with E-state index in [-0.39, 0.29) is 0 Å². The maximum absolute atomic E-state index is 13.1. The molecule has 0 bridgehead atoms. The maximum atomic E-state index is 13.1. The van der Waals surface area contributed by atoms with Crippen LogP contribution in [-0.2, 0) is 4.43 Å². The Bertz CT molecular complexity index is 414. The van der Waals surface area contributed by atoms with E-state index in [9.17, 15) is 57.1 Å². The molecule has 0 radical (unpaired) electrons. The normalized spacial score (nSPS) is 18.8. The smallest absolute Gasteiger partial charge is 0.381 e. The fourth-order valence-corrected chi connectivity index (χ4v) is 1.66. The molecule has 0 aromatic rings. The maximum Gasteiger partial charge on any atom is 0.381 e. The summed E-state index contributed by atoms with van der Waals surface area (Å²) < 4.78 is 170. The Morgan fingerprint density at radius 3 is 1.42 bits per heavy atom. The minimum Gasteiger partial charge on any atom is -0.425 e. The molecule has 146 valence electrons. The zero-order valence-corrected chi connectivity index (χ0v) is 13.3. The lowest BCUT2D eigenvalue weighted by Crippen LogP contribution is -2.68. The molecule has 0 fully saturated rings. The predicted molar refractivity (Wildman–Crippen MR) is 56.4 cm³/mol. The second-order valence-electron chi connectivity index (χ2n) is 4.50. The van der Waals surface area contributed by atoms with Crippen LogP contribution in [0.15, 0.2) is 0 Å². The van der Waals surface area contributed by atoms with Gasteiger partial charge in [-0.2, -0.15) is 35.1 Å². The molecule has 0 aliphatic carbocycles. The zero-order chi connectivity index (χ0) is 19.7. The third-order valence-electron chi connectivity index (χ3n) is 2.80. The molecular formula is C9H9F13OSi. The van der Waals surface area contributed by atoms with Crippen LogP contribution < -0.4 is 0 Å². The van der Waals surface area contributed by atoms with Crippen molar-refractivity contribution in [3.05, 3.63) is 0 Å². The molecule has 0 aliphatic heterocycles. The van der Waals surface area contributed by atoms with Crippen LogP contribution in [0.4, 0.5) is 57.1 Å². The molecule has 0 aromatic heterocycles. The summed E-state index contributed by atoms with van der Waals surface area (Å²) in [4.78, 5) is 0. The lowest BCUT2D eigenvalue weighted by atomic mass is 9.92. The molecule has 0 aromatic carbocycles. The Hall–Kier alpha value is -0.733. The summed E-state index contributed by atoms with van der Waals surface area (Å²) in [6.45, 7) is -1.88. The largest absolute Gasteiger partial charge is 0.425 e. The highest BCUT2D eigenvalue weighted by molar-refractivity contribution is 5.97. The van der Waals surface area contributed by atoms with Crippen molar-refractivity contribution in [3.8, 4) is 0 Å². The lowest BCUT2D eigenvalue weighted by molar-refractivity contribution is -0.387. The van der Waals surface area contributed by atoms with Gasteiger partial charge in [0, 0.05) is 0 Å². The molecule has 1 nitrogen and oxygen atoms in total. The van der Waals surface area contributed by atoms with Gasteiger partial charge in [-0.1, -0.05) is 0 Å². The Morgan fingerprint density at radius 2 is 1.08 bits per heavy atom. The fourth-order valence-electron chi connectivity index (χ4n) is 1.37. The van der Waals surface area contributed by atoms with Crippen molar-refractivity contribution in [2.75, 3.05) is 6.61 Å². The zero-order valence-electron chi connectivity index (χ0n) is 11.3. The second kappa shape index (κ2) is 7.25. The van der Waals surface area contributed by atoms with Gasteiger partial charge in [-0.05, 0) is 0 Å². The number of hydrogen-bond acceptors (Lipinski definition) is 1. The summed E-state index contributed by atoms with van der Waals surface area (Å²) in [7, 11) is -0.517. The fraction of sp³-hybridized carbons (Fsp3) is 1.00. The Balaban J connectivity index is 5.91. The molecule has 0 spiro atoms. The van der Waals surface area contributed by atoms with E-state index in [2.05, 4.69) is 4.43 Å². The van der Waals surface area contributed by atoms with Crippen LogP contribution in [0.2, 0.25) is 0 Å². The third kappa shape index (κ3) is 3.60. The predicted octanol–water partition coefficient (Wildman–Crippen LogP) is 3.10. The minimum absolute atomic E-state index is 0.517. The van der Waals surface area contributed by atoms with Crippen LogP contribution in [0.25, 0.3) is 0 Å². The van der Waals surface area contributed by atoms with E-state index < -0.39 is 65.7 Å². The molecule has 0 amide bonds. The molecule has 0 aliphatic rings. The van der Waals surface area contributed by atoms with Crippen molar-refractivity contribution in [2.45, 2.75) is 48.6 Å². The molecule has 24 heavy (non-hydrogen) atoms. The van der Waals surface area contributed by atoms with Gasteiger partial charge in [0.05, 0.1) is 6.61 Å². The number of alkyl halides is 13. The highest BCUT2D eigenvalue weighted by Gasteiger charge is 2.84. The van der Waals surface area contributed by atoms with Crippen molar-refractivity contribution < 1.29 is 61.5 Å². The van der Waals surface area contributed by atoms with Gasteiger partial charge in [0.2, 0.25) is 6.17 Å². The first kappa shape index (κ1) is 23.3.